The van der Waals surface area contributed by atoms with Crippen molar-refractivity contribution in [3.05, 3.63) is 0 Å². The van der Waals surface area contributed by atoms with Crippen molar-refractivity contribution in [2.75, 3.05) is 5.75 Å². The van der Waals surface area contributed by atoms with Gasteiger partial charge in [0.25, 0.3) is 0 Å². The van der Waals surface area contributed by atoms with Crippen LogP contribution in [0.1, 0.15) is 20.8 Å². The Morgan fingerprint density at radius 3 is 2.08 bits per heavy atom. The average Bonchev–Trinajstić information content (AvgIpc) is 1.78. The molecule has 0 spiro atoms. The molecule has 0 amide bonds. The molecule has 0 rings (SSSR count). The normalized spacial score (nSPS) is 12.8. The molecule has 0 aliphatic rings. The van der Waals surface area contributed by atoms with E-state index in [1.807, 2.05) is 0 Å². The van der Waals surface area contributed by atoms with E-state index in [0.717, 1.165) is 0 Å². The summed E-state index contributed by atoms with van der Waals surface area (Å²) in [5.74, 6) is -1.55. The van der Waals surface area contributed by atoms with Crippen molar-refractivity contribution < 1.29 is 22.7 Å². The lowest BCUT2D eigenvalue weighted by molar-refractivity contribution is -0.151. The number of carbonyl (C=O) groups is 1. The van der Waals surface area contributed by atoms with Crippen LogP contribution in [0, 0.1) is 0 Å². The van der Waals surface area contributed by atoms with Gasteiger partial charge in [0.05, 0.1) is 0 Å². The largest absolute Gasteiger partial charge is 0.459 e. The predicted molar refractivity (Wildman–Crippen MR) is 44.4 cm³/mol. The fourth-order valence-corrected chi connectivity index (χ4v) is 0.852. The zero-order chi connectivity index (χ0) is 10.7. The number of esters is 1. The van der Waals surface area contributed by atoms with Crippen LogP contribution in [0.15, 0.2) is 0 Å². The topological polar surface area (TPSA) is 26.3 Å². The Balaban J connectivity index is 3.78. The van der Waals surface area contributed by atoms with E-state index < -0.39 is 34.6 Å². The number of rotatable bonds is 2. The Labute approximate surface area is 78.8 Å². The van der Waals surface area contributed by atoms with Crippen LogP contribution >= 0.6 is 11.8 Å². The number of hydrogen-bond acceptors (Lipinski definition) is 3. The van der Waals surface area contributed by atoms with Gasteiger partial charge in [-0.2, -0.15) is 13.2 Å². The molecule has 0 saturated carbocycles. The number of carbonyl (C=O) groups excluding carboxylic acids is 1. The van der Waals surface area contributed by atoms with E-state index >= 15 is 0 Å². The number of ether oxygens (including phenoxy) is 1. The number of halogens is 3. The van der Waals surface area contributed by atoms with E-state index in [4.69, 9.17) is 0 Å². The molecule has 0 aliphatic carbocycles. The predicted octanol–water partition coefficient (Wildman–Crippen LogP) is 2.58. The maximum Gasteiger partial charge on any atom is 0.442 e. The van der Waals surface area contributed by atoms with E-state index in [1.54, 1.807) is 20.8 Å². The summed E-state index contributed by atoms with van der Waals surface area (Å²) in [6.45, 7) is 4.80. The van der Waals surface area contributed by atoms with E-state index in [9.17, 15) is 18.0 Å². The minimum Gasteiger partial charge on any atom is -0.459 e. The van der Waals surface area contributed by atoms with E-state index in [1.165, 1.54) is 0 Å². The van der Waals surface area contributed by atoms with Gasteiger partial charge in [0.1, 0.15) is 11.4 Å². The third kappa shape index (κ3) is 9.52. The van der Waals surface area contributed by atoms with Gasteiger partial charge in [-0.05, 0) is 32.5 Å². The van der Waals surface area contributed by atoms with Crippen molar-refractivity contribution in [1.29, 1.82) is 0 Å². The summed E-state index contributed by atoms with van der Waals surface area (Å²) < 4.78 is 39.5. The molecule has 0 aliphatic heterocycles. The fraction of sp³-hybridized carbons (Fsp3) is 0.857. The van der Waals surface area contributed by atoms with Crippen molar-refractivity contribution in [2.24, 2.45) is 0 Å². The average molecular weight is 216 g/mol. The monoisotopic (exact) mass is 216 g/mol. The van der Waals surface area contributed by atoms with Crippen LogP contribution in [-0.2, 0) is 9.53 Å². The van der Waals surface area contributed by atoms with E-state index in [0.29, 0.717) is 0 Å². The summed E-state index contributed by atoms with van der Waals surface area (Å²) in [5, 5.41) is 0. The number of thioether (sulfide) groups is 1. The van der Waals surface area contributed by atoms with Gasteiger partial charge >= 0.3 is 11.5 Å². The van der Waals surface area contributed by atoms with Crippen molar-refractivity contribution in [3.8, 4) is 0 Å². The third-order valence-corrected chi connectivity index (χ3v) is 1.48. The lowest BCUT2D eigenvalue weighted by Crippen LogP contribution is -2.25. The Hall–Kier alpha value is -0.390. The van der Waals surface area contributed by atoms with Gasteiger partial charge in [-0.15, -0.1) is 0 Å². The quantitative estimate of drug-likeness (QED) is 0.663. The highest BCUT2D eigenvalue weighted by atomic mass is 32.2. The molecule has 78 valence electrons. The lowest BCUT2D eigenvalue weighted by atomic mass is 10.2. The third-order valence-electron chi connectivity index (χ3n) is 0.774. The Bertz CT molecular complexity index is 183. The van der Waals surface area contributed by atoms with E-state index in [2.05, 4.69) is 4.74 Å². The van der Waals surface area contributed by atoms with Crippen molar-refractivity contribution in [2.45, 2.75) is 31.9 Å². The number of hydrogen-bond donors (Lipinski definition) is 0. The smallest absolute Gasteiger partial charge is 0.442 e. The molecule has 0 heterocycles. The molecule has 0 atom stereocenters. The zero-order valence-electron chi connectivity index (χ0n) is 7.57. The summed E-state index contributed by atoms with van der Waals surface area (Å²) >= 11 is -0.392. The maximum atomic E-state index is 11.6. The molecule has 13 heavy (non-hydrogen) atoms. The highest BCUT2D eigenvalue weighted by molar-refractivity contribution is 8.00. The minimum absolute atomic E-state index is 0.392. The molecule has 6 heteroatoms. The minimum atomic E-state index is -4.38. The summed E-state index contributed by atoms with van der Waals surface area (Å²) in [6, 6.07) is 0. The van der Waals surface area contributed by atoms with Gasteiger partial charge in [0, 0.05) is 0 Å². The van der Waals surface area contributed by atoms with Gasteiger partial charge in [-0.3, -0.25) is 4.79 Å². The highest BCUT2D eigenvalue weighted by Gasteiger charge is 2.30. The lowest BCUT2D eigenvalue weighted by Gasteiger charge is -2.19. The molecule has 0 fully saturated rings. The van der Waals surface area contributed by atoms with Gasteiger partial charge in [-0.25, -0.2) is 0 Å². The first kappa shape index (κ1) is 12.6. The van der Waals surface area contributed by atoms with Crippen molar-refractivity contribution in [1.82, 2.24) is 0 Å². The van der Waals surface area contributed by atoms with Gasteiger partial charge in [0.2, 0.25) is 0 Å². The molecule has 0 bridgehead atoms. The summed E-state index contributed by atoms with van der Waals surface area (Å²) in [6.07, 6.45) is 0. The van der Waals surface area contributed by atoms with Gasteiger partial charge < -0.3 is 4.74 Å². The van der Waals surface area contributed by atoms with Crippen LogP contribution in [0.5, 0.6) is 0 Å². The Kier molecular flexibility index (Phi) is 4.09. The summed E-state index contributed by atoms with van der Waals surface area (Å²) in [4.78, 5) is 10.8. The first-order valence-electron chi connectivity index (χ1n) is 3.53. The Morgan fingerprint density at radius 1 is 1.31 bits per heavy atom. The second-order valence-corrected chi connectivity index (χ2v) is 4.36. The Morgan fingerprint density at radius 2 is 1.77 bits per heavy atom. The first-order chi connectivity index (χ1) is 5.60. The van der Waals surface area contributed by atoms with Crippen LogP contribution in [0.4, 0.5) is 13.2 Å². The first-order valence-corrected chi connectivity index (χ1v) is 4.51. The van der Waals surface area contributed by atoms with Crippen LogP contribution < -0.4 is 0 Å². The van der Waals surface area contributed by atoms with Crippen LogP contribution in [0.2, 0.25) is 0 Å². The van der Waals surface area contributed by atoms with Gasteiger partial charge in [-0.1, -0.05) is 0 Å². The van der Waals surface area contributed by atoms with Crippen LogP contribution in [0.25, 0.3) is 0 Å². The van der Waals surface area contributed by atoms with E-state index in [-0.39, 0.29) is 0 Å². The second kappa shape index (κ2) is 4.21. The molecule has 2 nitrogen and oxygen atoms in total. The van der Waals surface area contributed by atoms with Crippen LogP contribution in [-0.4, -0.2) is 22.8 Å². The molecular weight excluding hydrogens is 205 g/mol. The highest BCUT2D eigenvalue weighted by Crippen LogP contribution is 2.30. The molecule has 0 aromatic rings. The van der Waals surface area contributed by atoms with Crippen LogP contribution in [0.3, 0.4) is 0 Å². The fourth-order valence-electron chi connectivity index (χ4n) is 0.512. The SMILES string of the molecule is CC(C)(C)OC(=O)CSC(F)(F)F. The number of alkyl halides is 3. The molecule has 0 N–H and O–H groups in total. The molecular formula is C7H11F3O2S. The molecule has 0 aromatic carbocycles. The van der Waals surface area contributed by atoms with Crippen molar-refractivity contribution in [3.63, 3.8) is 0 Å². The maximum absolute atomic E-state index is 11.6. The molecule has 0 aromatic heterocycles. The molecule has 0 saturated heterocycles. The summed E-state index contributed by atoms with van der Waals surface area (Å²) in [5.41, 5.74) is -5.11. The zero-order valence-corrected chi connectivity index (χ0v) is 8.38. The second-order valence-electron chi connectivity index (χ2n) is 3.32. The summed E-state index contributed by atoms with van der Waals surface area (Å²) in [7, 11) is 0. The molecule has 0 radical (unpaired) electrons. The molecule has 0 unspecified atom stereocenters. The standard InChI is InChI=1S/C7H11F3O2S/c1-6(2,3)12-5(11)4-13-7(8,9)10/h4H2,1-3H3. The van der Waals surface area contributed by atoms with Gasteiger partial charge in [0.15, 0.2) is 0 Å². The van der Waals surface area contributed by atoms with Crippen molar-refractivity contribution >= 4 is 17.7 Å².